The maximum absolute atomic E-state index is 8.57. The minimum atomic E-state index is 0.496. The van der Waals surface area contributed by atoms with Gasteiger partial charge >= 0.3 is 0 Å². The van der Waals surface area contributed by atoms with Crippen molar-refractivity contribution >= 4 is 0 Å². The fourth-order valence-corrected chi connectivity index (χ4v) is 2.29. The molecular weight excluding hydrogens is 304 g/mol. The Hall–Kier alpha value is -2.52. The largest absolute Gasteiger partial charge is 0.493 e. The lowest BCUT2D eigenvalue weighted by Gasteiger charge is -2.12. The van der Waals surface area contributed by atoms with Gasteiger partial charge < -0.3 is 14.8 Å². The first kappa shape index (κ1) is 17.8. The van der Waals surface area contributed by atoms with E-state index in [0.29, 0.717) is 25.2 Å². The molecule has 0 aliphatic rings. The van der Waals surface area contributed by atoms with E-state index in [2.05, 4.69) is 16.5 Å². The van der Waals surface area contributed by atoms with Crippen LogP contribution in [0.2, 0.25) is 0 Å². The Morgan fingerprint density at radius 3 is 2.92 bits per heavy atom. The monoisotopic (exact) mass is 328 g/mol. The van der Waals surface area contributed by atoms with E-state index in [4.69, 9.17) is 14.7 Å². The normalized spacial score (nSPS) is 10.4. The van der Waals surface area contributed by atoms with Gasteiger partial charge in [0.15, 0.2) is 11.5 Å². The molecule has 24 heavy (non-hydrogen) atoms. The van der Waals surface area contributed by atoms with Crippen molar-refractivity contribution in [2.24, 2.45) is 0 Å². The number of nitriles is 1. The Labute approximate surface area is 143 Å². The summed E-state index contributed by atoms with van der Waals surface area (Å²) in [6.07, 6.45) is 5.10. The van der Waals surface area contributed by atoms with E-state index in [9.17, 15) is 0 Å². The molecule has 0 amide bonds. The van der Waals surface area contributed by atoms with Crippen LogP contribution in [0.25, 0.3) is 0 Å². The quantitative estimate of drug-likeness (QED) is 0.679. The minimum absolute atomic E-state index is 0.496. The lowest BCUT2D eigenvalue weighted by molar-refractivity contribution is 0.290. The lowest BCUT2D eigenvalue weighted by Crippen LogP contribution is -2.19. The van der Waals surface area contributed by atoms with E-state index in [1.807, 2.05) is 42.2 Å². The number of hydrogen-bond donors (Lipinski definition) is 1. The first-order valence-electron chi connectivity index (χ1n) is 8.09. The third-order valence-electron chi connectivity index (χ3n) is 3.53. The first-order valence-corrected chi connectivity index (χ1v) is 8.09. The molecule has 1 N–H and O–H groups in total. The third kappa shape index (κ3) is 5.60. The topological polar surface area (TPSA) is 72.1 Å². The van der Waals surface area contributed by atoms with Crippen LogP contribution in [0, 0.1) is 18.3 Å². The van der Waals surface area contributed by atoms with Gasteiger partial charge in [-0.25, -0.2) is 0 Å². The Morgan fingerprint density at radius 1 is 1.33 bits per heavy atom. The fourth-order valence-electron chi connectivity index (χ4n) is 2.29. The first-order chi connectivity index (χ1) is 11.7. The summed E-state index contributed by atoms with van der Waals surface area (Å²) in [4.78, 5) is 0. The Morgan fingerprint density at radius 2 is 2.21 bits per heavy atom. The van der Waals surface area contributed by atoms with Gasteiger partial charge in [0, 0.05) is 25.7 Å². The highest BCUT2D eigenvalue weighted by atomic mass is 16.5. The smallest absolute Gasteiger partial charge is 0.161 e. The number of nitrogens with zero attached hydrogens (tertiary/aromatic N) is 3. The van der Waals surface area contributed by atoms with Gasteiger partial charge in [-0.15, -0.1) is 0 Å². The van der Waals surface area contributed by atoms with Crippen LogP contribution in [0.15, 0.2) is 30.6 Å². The van der Waals surface area contributed by atoms with Crippen molar-refractivity contribution in [3.05, 3.63) is 41.7 Å². The van der Waals surface area contributed by atoms with Crippen LogP contribution in [0.3, 0.4) is 0 Å². The van der Waals surface area contributed by atoms with Gasteiger partial charge in [0.2, 0.25) is 0 Å². The second-order valence-corrected chi connectivity index (χ2v) is 5.55. The Kier molecular flexibility index (Phi) is 7.12. The summed E-state index contributed by atoms with van der Waals surface area (Å²) >= 11 is 0. The van der Waals surface area contributed by atoms with E-state index >= 15 is 0 Å². The molecule has 0 fully saturated rings. The summed E-state index contributed by atoms with van der Waals surface area (Å²) in [5, 5.41) is 16.2. The van der Waals surface area contributed by atoms with Crippen LogP contribution >= 0.6 is 0 Å². The van der Waals surface area contributed by atoms with Crippen molar-refractivity contribution in [2.45, 2.75) is 32.9 Å². The standard InChI is InChI=1S/C18H24N4O2/c1-15-12-21-22(14-15)9-8-20-13-16-5-6-17(23-2)18(11-16)24-10-4-3-7-19/h5-6,11-12,14,20H,3-4,8-10,13H2,1-2H3. The van der Waals surface area contributed by atoms with Crippen LogP contribution in [0.5, 0.6) is 11.5 Å². The predicted molar refractivity (Wildman–Crippen MR) is 92.0 cm³/mol. The molecule has 0 atom stereocenters. The molecule has 1 aromatic carbocycles. The zero-order valence-corrected chi connectivity index (χ0v) is 14.3. The van der Waals surface area contributed by atoms with Crippen LogP contribution < -0.4 is 14.8 Å². The summed E-state index contributed by atoms with van der Waals surface area (Å²) in [5.41, 5.74) is 2.30. The molecule has 6 heteroatoms. The van der Waals surface area contributed by atoms with Crippen molar-refractivity contribution in [2.75, 3.05) is 20.3 Å². The minimum Gasteiger partial charge on any atom is -0.493 e. The summed E-state index contributed by atoms with van der Waals surface area (Å²) in [6.45, 7) is 4.97. The number of hydrogen-bond acceptors (Lipinski definition) is 5. The van der Waals surface area contributed by atoms with Crippen LogP contribution in [-0.2, 0) is 13.1 Å². The molecule has 0 spiro atoms. The summed E-state index contributed by atoms with van der Waals surface area (Å²) in [6, 6.07) is 8.03. The molecule has 2 aromatic rings. The van der Waals surface area contributed by atoms with E-state index in [-0.39, 0.29) is 0 Å². The predicted octanol–water partition coefficient (Wildman–Crippen LogP) is 2.67. The van der Waals surface area contributed by atoms with E-state index in [0.717, 1.165) is 30.9 Å². The summed E-state index contributed by atoms with van der Waals surface area (Å²) in [5.74, 6) is 1.43. The second kappa shape index (κ2) is 9.58. The highest BCUT2D eigenvalue weighted by molar-refractivity contribution is 5.42. The van der Waals surface area contributed by atoms with E-state index in [1.54, 1.807) is 7.11 Å². The molecule has 0 saturated carbocycles. The molecule has 1 heterocycles. The lowest BCUT2D eigenvalue weighted by atomic mass is 10.2. The number of methoxy groups -OCH3 is 1. The van der Waals surface area contributed by atoms with Gasteiger partial charge in [-0.1, -0.05) is 6.07 Å². The maximum atomic E-state index is 8.57. The molecule has 1 aromatic heterocycles. The average molecular weight is 328 g/mol. The molecule has 0 bridgehead atoms. The fraction of sp³-hybridized carbons (Fsp3) is 0.444. The van der Waals surface area contributed by atoms with E-state index in [1.165, 1.54) is 5.56 Å². The van der Waals surface area contributed by atoms with Crippen molar-refractivity contribution in [1.82, 2.24) is 15.1 Å². The number of unbranched alkanes of at least 4 members (excludes halogenated alkanes) is 1. The molecule has 0 aliphatic carbocycles. The zero-order chi connectivity index (χ0) is 17.2. The summed E-state index contributed by atoms with van der Waals surface area (Å²) in [7, 11) is 1.63. The maximum Gasteiger partial charge on any atom is 0.161 e. The molecule has 0 saturated heterocycles. The van der Waals surface area contributed by atoms with Crippen molar-refractivity contribution < 1.29 is 9.47 Å². The molecule has 0 unspecified atom stereocenters. The van der Waals surface area contributed by atoms with Gasteiger partial charge in [-0.3, -0.25) is 4.68 Å². The number of benzene rings is 1. The van der Waals surface area contributed by atoms with Gasteiger partial charge in [0.25, 0.3) is 0 Å². The molecule has 0 radical (unpaired) electrons. The molecular formula is C18H24N4O2. The number of aromatic nitrogens is 2. The zero-order valence-electron chi connectivity index (χ0n) is 14.3. The van der Waals surface area contributed by atoms with Crippen LogP contribution in [0.4, 0.5) is 0 Å². The number of rotatable bonds is 10. The Bertz CT molecular complexity index is 676. The van der Waals surface area contributed by atoms with Crippen molar-refractivity contribution in [1.29, 1.82) is 5.26 Å². The van der Waals surface area contributed by atoms with Crippen molar-refractivity contribution in [3.63, 3.8) is 0 Å². The third-order valence-corrected chi connectivity index (χ3v) is 3.53. The van der Waals surface area contributed by atoms with Gasteiger partial charge in [-0.2, -0.15) is 10.4 Å². The van der Waals surface area contributed by atoms with Gasteiger partial charge in [0.1, 0.15) is 0 Å². The SMILES string of the molecule is COc1ccc(CNCCn2cc(C)cn2)cc1OCCCC#N. The summed E-state index contributed by atoms with van der Waals surface area (Å²) < 4.78 is 13.0. The van der Waals surface area contributed by atoms with Crippen molar-refractivity contribution in [3.8, 4) is 17.6 Å². The number of aryl methyl sites for hydroxylation is 1. The average Bonchev–Trinajstić information content (AvgIpc) is 3.01. The molecule has 6 nitrogen and oxygen atoms in total. The second-order valence-electron chi connectivity index (χ2n) is 5.55. The van der Waals surface area contributed by atoms with Gasteiger partial charge in [0.05, 0.1) is 32.5 Å². The highest BCUT2D eigenvalue weighted by Gasteiger charge is 2.06. The van der Waals surface area contributed by atoms with E-state index < -0.39 is 0 Å². The molecule has 2 rings (SSSR count). The number of nitrogens with one attached hydrogen (secondary N) is 1. The van der Waals surface area contributed by atoms with Crippen LogP contribution in [0.1, 0.15) is 24.0 Å². The van der Waals surface area contributed by atoms with Crippen LogP contribution in [-0.4, -0.2) is 30.0 Å². The number of ether oxygens (including phenoxy) is 2. The van der Waals surface area contributed by atoms with Gasteiger partial charge in [-0.05, 0) is 36.6 Å². The highest BCUT2D eigenvalue weighted by Crippen LogP contribution is 2.28. The Balaban J connectivity index is 1.82. The molecule has 0 aliphatic heterocycles. The molecule has 128 valence electrons.